The zero-order valence-corrected chi connectivity index (χ0v) is 12.6. The number of hydrogen-bond acceptors (Lipinski definition) is 0. The van der Waals surface area contributed by atoms with E-state index in [1.54, 1.807) is 0 Å². The number of alkyl halides is 3. The van der Waals surface area contributed by atoms with Gasteiger partial charge in [-0.2, -0.15) is 13.2 Å². The van der Waals surface area contributed by atoms with Gasteiger partial charge in [0, 0.05) is 5.02 Å². The monoisotopic (exact) mass is 358 g/mol. The molecule has 0 heterocycles. The number of hydrogen-bond donors (Lipinski definition) is 0. The topological polar surface area (TPSA) is 0 Å². The van der Waals surface area contributed by atoms with E-state index in [1.807, 2.05) is 0 Å². The van der Waals surface area contributed by atoms with Crippen LogP contribution >= 0.6 is 46.4 Å². The Bertz CT molecular complexity index is 642. The van der Waals surface area contributed by atoms with E-state index in [1.165, 1.54) is 18.2 Å². The maximum atomic E-state index is 12.8. The Morgan fingerprint density at radius 2 is 1.20 bits per heavy atom. The van der Waals surface area contributed by atoms with Crippen LogP contribution in [0.1, 0.15) is 5.56 Å². The van der Waals surface area contributed by atoms with Crippen LogP contribution in [0.3, 0.4) is 0 Å². The Kier molecular flexibility index (Phi) is 4.45. The van der Waals surface area contributed by atoms with Crippen LogP contribution in [0.5, 0.6) is 0 Å². The lowest BCUT2D eigenvalue weighted by Gasteiger charge is -2.11. The molecule has 0 N–H and O–H groups in total. The Balaban J connectivity index is 2.61. The van der Waals surface area contributed by atoms with E-state index in [0.29, 0.717) is 5.56 Å². The molecule has 0 nitrogen and oxygen atoms in total. The second kappa shape index (κ2) is 5.64. The van der Waals surface area contributed by atoms with Gasteiger partial charge in [0.05, 0.1) is 20.6 Å². The summed E-state index contributed by atoms with van der Waals surface area (Å²) in [6, 6.07) is 6.09. The van der Waals surface area contributed by atoms with Crippen LogP contribution in [0, 0.1) is 0 Å². The maximum Gasteiger partial charge on any atom is 0.416 e. The fourth-order valence-corrected chi connectivity index (χ4v) is 2.47. The van der Waals surface area contributed by atoms with Crippen molar-refractivity contribution < 1.29 is 13.2 Å². The molecule has 2 aromatic rings. The van der Waals surface area contributed by atoms with Crippen LogP contribution in [-0.2, 0) is 6.18 Å². The van der Waals surface area contributed by atoms with Crippen molar-refractivity contribution in [2.45, 2.75) is 6.18 Å². The standard InChI is InChI=1S/C13H5Cl4F3/c14-9-2-6(1-8(5-9)13(18,19)20)7-3-10(15)12(17)11(16)4-7/h1-5H. The molecular formula is C13H5Cl4F3. The highest BCUT2D eigenvalue weighted by molar-refractivity contribution is 6.48. The van der Waals surface area contributed by atoms with Gasteiger partial charge >= 0.3 is 6.18 Å². The minimum Gasteiger partial charge on any atom is -0.166 e. The number of rotatable bonds is 1. The first-order valence-corrected chi connectivity index (χ1v) is 6.72. The summed E-state index contributed by atoms with van der Waals surface area (Å²) in [5.41, 5.74) is -0.190. The highest BCUT2D eigenvalue weighted by Crippen LogP contribution is 2.38. The molecule has 0 unspecified atom stereocenters. The van der Waals surface area contributed by atoms with Gasteiger partial charge in [0.1, 0.15) is 0 Å². The van der Waals surface area contributed by atoms with Gasteiger partial charge in [-0.05, 0) is 41.5 Å². The van der Waals surface area contributed by atoms with Gasteiger partial charge in [-0.3, -0.25) is 0 Å². The highest BCUT2D eigenvalue weighted by atomic mass is 35.5. The molecule has 0 spiro atoms. The first-order valence-electron chi connectivity index (χ1n) is 5.21. The fourth-order valence-electron chi connectivity index (χ4n) is 1.64. The minimum absolute atomic E-state index is 0.0305. The average Bonchev–Trinajstić information content (AvgIpc) is 2.33. The van der Waals surface area contributed by atoms with Crippen molar-refractivity contribution in [3.8, 4) is 11.1 Å². The Labute approximate surface area is 133 Å². The summed E-state index contributed by atoms with van der Waals surface area (Å²) in [5, 5.41) is 0.428. The van der Waals surface area contributed by atoms with Crippen LogP contribution in [-0.4, -0.2) is 0 Å². The maximum absolute atomic E-state index is 12.8. The van der Waals surface area contributed by atoms with Gasteiger partial charge in [-0.25, -0.2) is 0 Å². The molecule has 2 aromatic carbocycles. The fraction of sp³-hybridized carbons (Fsp3) is 0.0769. The van der Waals surface area contributed by atoms with Crippen molar-refractivity contribution in [3.05, 3.63) is 56.0 Å². The van der Waals surface area contributed by atoms with Gasteiger partial charge in [0.2, 0.25) is 0 Å². The SMILES string of the molecule is FC(F)(F)c1cc(Cl)cc(-c2cc(Cl)c(Cl)c(Cl)c2)c1. The van der Waals surface area contributed by atoms with Crippen LogP contribution in [0.15, 0.2) is 30.3 Å². The van der Waals surface area contributed by atoms with Gasteiger partial charge in [-0.15, -0.1) is 0 Å². The normalized spacial score (nSPS) is 11.8. The van der Waals surface area contributed by atoms with Crippen LogP contribution in [0.2, 0.25) is 20.1 Å². The molecule has 0 fully saturated rings. The zero-order valence-electron chi connectivity index (χ0n) is 9.53. The summed E-state index contributed by atoms with van der Waals surface area (Å²) in [7, 11) is 0. The quantitative estimate of drug-likeness (QED) is 0.481. The third kappa shape index (κ3) is 3.34. The molecule has 0 aliphatic carbocycles. The van der Waals surface area contributed by atoms with Crippen molar-refractivity contribution in [2.75, 3.05) is 0 Å². The largest absolute Gasteiger partial charge is 0.416 e. The smallest absolute Gasteiger partial charge is 0.166 e. The van der Waals surface area contributed by atoms with Gasteiger partial charge in [0.25, 0.3) is 0 Å². The predicted molar refractivity (Wildman–Crippen MR) is 76.9 cm³/mol. The van der Waals surface area contributed by atoms with Crippen LogP contribution < -0.4 is 0 Å². The highest BCUT2D eigenvalue weighted by Gasteiger charge is 2.31. The van der Waals surface area contributed by atoms with Gasteiger partial charge in [-0.1, -0.05) is 46.4 Å². The molecule has 0 saturated carbocycles. The van der Waals surface area contributed by atoms with Crippen molar-refractivity contribution in [1.82, 2.24) is 0 Å². The molecule has 2 rings (SSSR count). The van der Waals surface area contributed by atoms with E-state index in [-0.39, 0.29) is 25.7 Å². The van der Waals surface area contributed by atoms with Crippen LogP contribution in [0.25, 0.3) is 11.1 Å². The van der Waals surface area contributed by atoms with E-state index in [0.717, 1.165) is 12.1 Å². The van der Waals surface area contributed by atoms with Crippen molar-refractivity contribution in [2.24, 2.45) is 0 Å². The summed E-state index contributed by atoms with van der Waals surface area (Å²) < 4.78 is 38.3. The predicted octanol–water partition coefficient (Wildman–Crippen LogP) is 6.99. The molecule has 0 aliphatic rings. The van der Waals surface area contributed by atoms with Crippen molar-refractivity contribution in [3.63, 3.8) is 0 Å². The molecule has 0 atom stereocenters. The zero-order chi connectivity index (χ0) is 15.1. The summed E-state index contributed by atoms with van der Waals surface area (Å²) in [6.07, 6.45) is -4.49. The lowest BCUT2D eigenvalue weighted by molar-refractivity contribution is -0.137. The van der Waals surface area contributed by atoms with Gasteiger partial charge in [0.15, 0.2) is 0 Å². The Hall–Kier alpha value is -0.610. The molecule has 0 saturated heterocycles. The Morgan fingerprint density at radius 3 is 1.70 bits per heavy atom. The molecule has 0 aromatic heterocycles. The van der Waals surface area contributed by atoms with E-state index in [2.05, 4.69) is 0 Å². The second-order valence-corrected chi connectivity index (χ2v) is 5.61. The number of halogens is 7. The van der Waals surface area contributed by atoms with E-state index >= 15 is 0 Å². The van der Waals surface area contributed by atoms with Gasteiger partial charge < -0.3 is 0 Å². The second-order valence-electron chi connectivity index (χ2n) is 3.98. The first-order chi connectivity index (χ1) is 9.18. The summed E-state index contributed by atoms with van der Waals surface area (Å²) in [5.74, 6) is 0. The molecule has 0 amide bonds. The lowest BCUT2D eigenvalue weighted by atomic mass is 10.0. The van der Waals surface area contributed by atoms with E-state index in [9.17, 15) is 13.2 Å². The third-order valence-corrected chi connectivity index (χ3v) is 3.96. The van der Waals surface area contributed by atoms with Crippen molar-refractivity contribution in [1.29, 1.82) is 0 Å². The molecule has 0 radical (unpaired) electrons. The Morgan fingerprint density at radius 1 is 0.700 bits per heavy atom. The average molecular weight is 360 g/mol. The summed E-state index contributed by atoms with van der Waals surface area (Å²) >= 11 is 23.3. The summed E-state index contributed by atoms with van der Waals surface area (Å²) in [6.45, 7) is 0. The molecular weight excluding hydrogens is 355 g/mol. The summed E-state index contributed by atoms with van der Waals surface area (Å²) in [4.78, 5) is 0. The number of benzene rings is 2. The minimum atomic E-state index is -4.49. The van der Waals surface area contributed by atoms with E-state index in [4.69, 9.17) is 46.4 Å². The molecule has 0 bridgehead atoms. The van der Waals surface area contributed by atoms with Crippen molar-refractivity contribution >= 4 is 46.4 Å². The van der Waals surface area contributed by atoms with Crippen LogP contribution in [0.4, 0.5) is 13.2 Å². The molecule has 0 aliphatic heterocycles. The van der Waals surface area contributed by atoms with E-state index < -0.39 is 11.7 Å². The molecule has 20 heavy (non-hydrogen) atoms. The lowest BCUT2D eigenvalue weighted by Crippen LogP contribution is -2.04. The molecule has 106 valence electrons. The third-order valence-electron chi connectivity index (χ3n) is 2.54. The first kappa shape index (κ1) is 15.8. The molecule has 7 heteroatoms.